The van der Waals surface area contributed by atoms with E-state index in [4.69, 9.17) is 4.74 Å². The van der Waals surface area contributed by atoms with Gasteiger partial charge in [-0.2, -0.15) is 0 Å². The molecule has 2 atom stereocenters. The lowest BCUT2D eigenvalue weighted by atomic mass is 9.85. The average Bonchev–Trinajstić information content (AvgIpc) is 2.26. The smallest absolute Gasteiger partial charge is 0.310 e. The lowest BCUT2D eigenvalue weighted by molar-refractivity contribution is -0.150. The molecule has 118 valence electrons. The summed E-state index contributed by atoms with van der Waals surface area (Å²) in [5.41, 5.74) is 0. The van der Waals surface area contributed by atoms with Crippen LogP contribution in [0.4, 0.5) is 0 Å². The molecule has 20 heavy (non-hydrogen) atoms. The van der Waals surface area contributed by atoms with Gasteiger partial charge in [0.15, 0.2) is 0 Å². The maximum absolute atomic E-state index is 12.3. The van der Waals surface area contributed by atoms with Crippen molar-refractivity contribution in [3.63, 3.8) is 0 Å². The predicted molar refractivity (Wildman–Crippen MR) is 90.9 cm³/mol. The Morgan fingerprint density at radius 1 is 1.05 bits per heavy atom. The summed E-state index contributed by atoms with van der Waals surface area (Å²) in [7, 11) is -2.87. The van der Waals surface area contributed by atoms with E-state index in [0.29, 0.717) is 12.6 Å². The Labute approximate surface area is 127 Å². The van der Waals surface area contributed by atoms with E-state index in [9.17, 15) is 4.79 Å². The Morgan fingerprint density at radius 2 is 1.55 bits per heavy atom. The van der Waals surface area contributed by atoms with E-state index in [1.54, 1.807) is 0 Å². The zero-order valence-corrected chi connectivity index (χ0v) is 16.5. The predicted octanol–water partition coefficient (Wildman–Crippen LogP) is 4.08. The van der Waals surface area contributed by atoms with Gasteiger partial charge in [0.2, 0.25) is 0 Å². The van der Waals surface area contributed by atoms with E-state index < -0.39 is 16.5 Å². The van der Waals surface area contributed by atoms with Crippen LogP contribution >= 0.6 is 0 Å². The van der Waals surface area contributed by atoms with Crippen molar-refractivity contribution in [2.45, 2.75) is 77.9 Å². The molecule has 0 heterocycles. The van der Waals surface area contributed by atoms with Crippen LogP contribution in [0.1, 0.15) is 32.6 Å². The lowest BCUT2D eigenvalue weighted by Crippen LogP contribution is -2.66. The van der Waals surface area contributed by atoms with Crippen molar-refractivity contribution in [2.24, 2.45) is 5.92 Å². The van der Waals surface area contributed by atoms with Crippen LogP contribution in [0.2, 0.25) is 39.3 Å². The molecule has 0 aliphatic heterocycles. The van der Waals surface area contributed by atoms with Gasteiger partial charge >= 0.3 is 5.97 Å². The molecule has 0 saturated heterocycles. The zero-order chi connectivity index (χ0) is 15.6. The minimum Gasteiger partial charge on any atom is -0.466 e. The van der Waals surface area contributed by atoms with Crippen LogP contribution in [0.25, 0.3) is 0 Å². The van der Waals surface area contributed by atoms with Crippen LogP contribution in [-0.4, -0.2) is 39.3 Å². The summed E-state index contributed by atoms with van der Waals surface area (Å²) in [5.74, 6) is 0.140. The normalized spacial score (nSPS) is 24.8. The molecule has 0 aromatic heterocycles. The zero-order valence-electron chi connectivity index (χ0n) is 14.5. The van der Waals surface area contributed by atoms with Gasteiger partial charge in [-0.25, -0.2) is 0 Å². The first-order chi connectivity index (χ1) is 9.09. The molecule has 0 amide bonds. The number of ether oxygens (including phenoxy) is 1. The van der Waals surface area contributed by atoms with E-state index in [1.165, 1.54) is 12.8 Å². The number of hydrogen-bond donors (Lipinski definition) is 0. The molecule has 1 saturated carbocycles. The minimum atomic E-state index is -1.43. The van der Waals surface area contributed by atoms with E-state index >= 15 is 0 Å². The fraction of sp³-hybridized carbons (Fsp3) is 0.933. The molecule has 3 nitrogen and oxygen atoms in total. The standard InChI is InChI=1S/C15H33NO2Si2/c1-8-18-15(17)13-11-9-10-12-14(13)16(19(2,3)4)20(5,6)7/h13-14H,8-12H2,1-7H3. The van der Waals surface area contributed by atoms with Crippen LogP contribution in [-0.2, 0) is 9.53 Å². The number of carbonyl (C=O) groups excluding carboxylic acids is 1. The third kappa shape index (κ3) is 4.43. The first-order valence-electron chi connectivity index (χ1n) is 8.05. The summed E-state index contributed by atoms with van der Waals surface area (Å²) in [4.78, 5) is 12.3. The second-order valence-electron chi connectivity index (χ2n) is 7.92. The third-order valence-electron chi connectivity index (χ3n) is 4.10. The first kappa shape index (κ1) is 17.9. The summed E-state index contributed by atoms with van der Waals surface area (Å²) in [6.45, 7) is 16.9. The van der Waals surface area contributed by atoms with E-state index in [0.717, 1.165) is 12.8 Å². The maximum Gasteiger partial charge on any atom is 0.310 e. The molecule has 2 unspecified atom stereocenters. The SMILES string of the molecule is CCOC(=O)C1CCCCC1N([Si](C)(C)C)[Si](C)(C)C. The van der Waals surface area contributed by atoms with E-state index in [1.807, 2.05) is 6.92 Å². The summed E-state index contributed by atoms with van der Waals surface area (Å²) in [6, 6.07) is 0.418. The fourth-order valence-electron chi connectivity index (χ4n) is 3.95. The minimum absolute atomic E-state index is 0.0405. The van der Waals surface area contributed by atoms with Gasteiger partial charge in [-0.15, -0.1) is 0 Å². The maximum atomic E-state index is 12.3. The van der Waals surface area contributed by atoms with E-state index in [2.05, 4.69) is 43.5 Å². The van der Waals surface area contributed by atoms with Gasteiger partial charge in [0, 0.05) is 6.04 Å². The highest BCUT2D eigenvalue weighted by atomic mass is 28.4. The Kier molecular flexibility index (Phi) is 6.05. The van der Waals surface area contributed by atoms with Crippen molar-refractivity contribution >= 4 is 22.4 Å². The van der Waals surface area contributed by atoms with Crippen LogP contribution in [0, 0.1) is 5.92 Å². The Hall–Kier alpha value is -0.136. The molecule has 0 radical (unpaired) electrons. The van der Waals surface area contributed by atoms with Crippen molar-refractivity contribution in [2.75, 3.05) is 6.61 Å². The Balaban J connectivity index is 3.05. The van der Waals surface area contributed by atoms with Crippen molar-refractivity contribution in [3.8, 4) is 0 Å². The molecule has 0 N–H and O–H groups in total. The summed E-state index contributed by atoms with van der Waals surface area (Å²) >= 11 is 0. The second-order valence-corrected chi connectivity index (χ2v) is 18.0. The number of carbonyl (C=O) groups is 1. The van der Waals surface area contributed by atoms with Crippen LogP contribution < -0.4 is 0 Å². The quantitative estimate of drug-likeness (QED) is 0.565. The Morgan fingerprint density at radius 3 is 2.00 bits per heavy atom. The van der Waals surface area contributed by atoms with Gasteiger partial charge in [0.1, 0.15) is 16.5 Å². The molecule has 1 fully saturated rings. The Bertz CT molecular complexity index is 320. The summed E-state index contributed by atoms with van der Waals surface area (Å²) in [5, 5.41) is 0. The number of rotatable bonds is 5. The lowest BCUT2D eigenvalue weighted by Gasteiger charge is -2.52. The first-order valence-corrected chi connectivity index (χ1v) is 14.9. The van der Waals surface area contributed by atoms with Crippen LogP contribution in [0.3, 0.4) is 0 Å². The van der Waals surface area contributed by atoms with Crippen molar-refractivity contribution in [1.82, 2.24) is 4.23 Å². The third-order valence-corrected chi connectivity index (χ3v) is 11.7. The van der Waals surface area contributed by atoms with Crippen LogP contribution in [0.5, 0.6) is 0 Å². The van der Waals surface area contributed by atoms with Gasteiger partial charge in [-0.1, -0.05) is 52.1 Å². The molecule has 1 rings (SSSR count). The molecule has 0 bridgehead atoms. The summed E-state index contributed by atoms with van der Waals surface area (Å²) in [6.07, 6.45) is 4.60. The number of nitrogens with zero attached hydrogens (tertiary/aromatic N) is 1. The molecular weight excluding hydrogens is 282 g/mol. The highest BCUT2D eigenvalue weighted by Gasteiger charge is 2.45. The molecule has 0 aromatic rings. The molecule has 0 spiro atoms. The highest BCUT2D eigenvalue weighted by Crippen LogP contribution is 2.35. The largest absolute Gasteiger partial charge is 0.466 e. The monoisotopic (exact) mass is 315 g/mol. The molecule has 1 aliphatic carbocycles. The topological polar surface area (TPSA) is 29.5 Å². The molecule has 5 heteroatoms. The average molecular weight is 316 g/mol. The molecule has 1 aliphatic rings. The molecule has 0 aromatic carbocycles. The highest BCUT2D eigenvalue weighted by molar-refractivity contribution is 6.89. The molecular formula is C15H33NO2Si2. The van der Waals surface area contributed by atoms with Crippen LogP contribution in [0.15, 0.2) is 0 Å². The van der Waals surface area contributed by atoms with E-state index in [-0.39, 0.29) is 11.9 Å². The van der Waals surface area contributed by atoms with Gasteiger partial charge in [-0.05, 0) is 19.8 Å². The van der Waals surface area contributed by atoms with Gasteiger partial charge in [0.05, 0.1) is 12.5 Å². The van der Waals surface area contributed by atoms with Gasteiger partial charge < -0.3 is 8.97 Å². The second kappa shape index (κ2) is 6.75. The van der Waals surface area contributed by atoms with Gasteiger partial charge in [-0.3, -0.25) is 4.79 Å². The summed E-state index contributed by atoms with van der Waals surface area (Å²) < 4.78 is 8.16. The van der Waals surface area contributed by atoms with Gasteiger partial charge in [0.25, 0.3) is 0 Å². The number of hydrogen-bond acceptors (Lipinski definition) is 3. The number of esters is 1. The fourth-order valence-corrected chi connectivity index (χ4v) is 14.6. The van der Waals surface area contributed by atoms with Crippen molar-refractivity contribution in [1.29, 1.82) is 0 Å². The van der Waals surface area contributed by atoms with Crippen molar-refractivity contribution < 1.29 is 9.53 Å². The van der Waals surface area contributed by atoms with Crippen molar-refractivity contribution in [3.05, 3.63) is 0 Å².